The van der Waals surface area contributed by atoms with Crippen LogP contribution < -0.4 is 10.8 Å². The van der Waals surface area contributed by atoms with Crippen molar-refractivity contribution in [1.29, 1.82) is 0 Å². The van der Waals surface area contributed by atoms with Gasteiger partial charge in [0, 0.05) is 36.4 Å². The molecule has 1 aromatic carbocycles. The number of benzene rings is 1. The molecule has 0 bridgehead atoms. The highest BCUT2D eigenvalue weighted by Crippen LogP contribution is 2.18. The second-order valence-electron chi connectivity index (χ2n) is 6.63. The molecule has 6 nitrogen and oxygen atoms in total. The van der Waals surface area contributed by atoms with Gasteiger partial charge in [0.05, 0.1) is 0 Å². The highest BCUT2D eigenvalue weighted by molar-refractivity contribution is 6.30. The molecular weight excluding hydrogens is 435 g/mol. The fourth-order valence-electron chi connectivity index (χ4n) is 3.17. The van der Waals surface area contributed by atoms with Gasteiger partial charge in [-0.1, -0.05) is 23.7 Å². The number of hydrogen-bond acceptors (Lipinski definition) is 5. The number of anilines is 1. The maximum absolute atomic E-state index is 11.0. The first-order valence-corrected chi connectivity index (χ1v) is 9.32. The molecule has 158 valence electrons. The Kier molecular flexibility index (Phi) is 11.0. The monoisotopic (exact) mass is 458 g/mol. The Morgan fingerprint density at radius 3 is 2.66 bits per heavy atom. The van der Waals surface area contributed by atoms with Crippen LogP contribution in [0.25, 0.3) is 6.08 Å². The van der Waals surface area contributed by atoms with Crippen LogP contribution in [-0.2, 0) is 11.3 Å². The summed E-state index contributed by atoms with van der Waals surface area (Å²) in [6.45, 7) is 2.97. The lowest BCUT2D eigenvalue weighted by atomic mass is 10.0. The van der Waals surface area contributed by atoms with Gasteiger partial charge in [0.1, 0.15) is 5.82 Å². The molecule has 29 heavy (non-hydrogen) atoms. The molecule has 1 aliphatic heterocycles. The molecule has 1 aliphatic rings. The van der Waals surface area contributed by atoms with E-state index in [1.807, 2.05) is 24.3 Å². The van der Waals surface area contributed by atoms with Gasteiger partial charge in [-0.05, 0) is 60.9 Å². The predicted octanol–water partition coefficient (Wildman–Crippen LogP) is 4.17. The highest BCUT2D eigenvalue weighted by atomic mass is 35.5. The number of nitrogens with zero attached hydrogens (tertiary/aromatic N) is 2. The zero-order valence-electron chi connectivity index (χ0n) is 15.8. The molecular formula is C20H25Cl3N4O2. The van der Waals surface area contributed by atoms with Crippen LogP contribution in [0, 0.1) is 0 Å². The lowest BCUT2D eigenvalue weighted by molar-refractivity contribution is -0.124. The van der Waals surface area contributed by atoms with Crippen molar-refractivity contribution in [3.63, 3.8) is 0 Å². The third kappa shape index (κ3) is 8.20. The molecule has 1 fully saturated rings. The number of hydroxylamine groups is 1. The standard InChI is InChI=1S/C20H23ClN4O2.2ClH/c21-17-7-3-16(4-8-17)13-25-11-1-2-18(14-25)23-19-9-5-15(12-22-19)6-10-20(26)24-27;;/h3-10,12,18,27H,1-2,11,13-14H2,(H,22,23)(H,24,26);2*1H/b10-6+;;/t18-;;/m1../s1. The summed E-state index contributed by atoms with van der Waals surface area (Å²) >= 11 is 5.96. The Hall–Kier alpha value is -1.83. The van der Waals surface area contributed by atoms with E-state index in [0.717, 1.165) is 48.9 Å². The Morgan fingerprint density at radius 2 is 2.00 bits per heavy atom. The van der Waals surface area contributed by atoms with Crippen LogP contribution in [0.1, 0.15) is 24.0 Å². The number of carbonyl (C=O) groups is 1. The molecule has 3 N–H and O–H groups in total. The number of halogens is 3. The van der Waals surface area contributed by atoms with Gasteiger partial charge in [0.2, 0.25) is 0 Å². The number of amides is 1. The number of hydrogen-bond donors (Lipinski definition) is 3. The molecule has 2 heterocycles. The molecule has 0 saturated carbocycles. The van der Waals surface area contributed by atoms with Crippen LogP contribution >= 0.6 is 36.4 Å². The van der Waals surface area contributed by atoms with E-state index < -0.39 is 5.91 Å². The van der Waals surface area contributed by atoms with Crippen molar-refractivity contribution in [3.8, 4) is 0 Å². The quantitative estimate of drug-likeness (QED) is 0.343. The maximum Gasteiger partial charge on any atom is 0.267 e. The molecule has 0 aliphatic carbocycles. The topological polar surface area (TPSA) is 77.5 Å². The van der Waals surface area contributed by atoms with Gasteiger partial charge in [0.15, 0.2) is 0 Å². The average Bonchev–Trinajstić information content (AvgIpc) is 2.69. The molecule has 0 spiro atoms. The highest BCUT2D eigenvalue weighted by Gasteiger charge is 2.20. The van der Waals surface area contributed by atoms with Crippen LogP contribution in [0.5, 0.6) is 0 Å². The zero-order chi connectivity index (χ0) is 19.1. The van der Waals surface area contributed by atoms with E-state index in [0.29, 0.717) is 6.04 Å². The van der Waals surface area contributed by atoms with Crippen molar-refractivity contribution in [1.82, 2.24) is 15.4 Å². The van der Waals surface area contributed by atoms with Crippen LogP contribution in [0.15, 0.2) is 48.7 Å². The Labute approximate surface area is 188 Å². The van der Waals surface area contributed by atoms with Gasteiger partial charge in [-0.25, -0.2) is 10.5 Å². The number of piperidine rings is 1. The summed E-state index contributed by atoms with van der Waals surface area (Å²) in [5.41, 5.74) is 3.61. The van der Waals surface area contributed by atoms with Crippen molar-refractivity contribution < 1.29 is 10.0 Å². The van der Waals surface area contributed by atoms with Gasteiger partial charge >= 0.3 is 0 Å². The largest absolute Gasteiger partial charge is 0.366 e. The first-order valence-electron chi connectivity index (χ1n) is 8.94. The number of rotatable bonds is 6. The summed E-state index contributed by atoms with van der Waals surface area (Å²) in [7, 11) is 0. The van der Waals surface area contributed by atoms with Crippen LogP contribution in [0.4, 0.5) is 5.82 Å². The Morgan fingerprint density at radius 1 is 1.24 bits per heavy atom. The van der Waals surface area contributed by atoms with Gasteiger partial charge in [-0.3, -0.25) is 14.9 Å². The minimum atomic E-state index is -0.569. The van der Waals surface area contributed by atoms with E-state index in [1.54, 1.807) is 17.8 Å². The molecule has 1 saturated heterocycles. The van der Waals surface area contributed by atoms with Crippen molar-refractivity contribution in [2.75, 3.05) is 18.4 Å². The van der Waals surface area contributed by atoms with Crippen LogP contribution in [0.3, 0.4) is 0 Å². The molecule has 0 unspecified atom stereocenters. The van der Waals surface area contributed by atoms with E-state index in [1.165, 1.54) is 11.6 Å². The average molecular weight is 460 g/mol. The first-order chi connectivity index (χ1) is 13.1. The summed E-state index contributed by atoms with van der Waals surface area (Å²) in [6.07, 6.45) is 6.79. The Bertz CT molecular complexity index is 785. The molecule has 3 rings (SSSR count). The SMILES string of the molecule is Cl.Cl.O=C(/C=C/c1ccc(N[C@@H]2CCCN(Cc3ccc(Cl)cc3)C2)nc1)NO. The number of nitrogens with one attached hydrogen (secondary N) is 2. The van der Waals surface area contributed by atoms with Gasteiger partial charge in [-0.15, -0.1) is 24.8 Å². The van der Waals surface area contributed by atoms with Crippen molar-refractivity contribution >= 4 is 54.2 Å². The predicted molar refractivity (Wildman–Crippen MR) is 121 cm³/mol. The third-order valence-electron chi connectivity index (χ3n) is 4.50. The van der Waals surface area contributed by atoms with Gasteiger partial charge in [-0.2, -0.15) is 0 Å². The zero-order valence-corrected chi connectivity index (χ0v) is 18.1. The van der Waals surface area contributed by atoms with E-state index >= 15 is 0 Å². The van der Waals surface area contributed by atoms with E-state index in [-0.39, 0.29) is 24.8 Å². The lowest BCUT2D eigenvalue weighted by Gasteiger charge is -2.33. The van der Waals surface area contributed by atoms with Gasteiger partial charge < -0.3 is 5.32 Å². The van der Waals surface area contributed by atoms with Crippen LogP contribution in [-0.4, -0.2) is 40.1 Å². The summed E-state index contributed by atoms with van der Waals surface area (Å²) in [6, 6.07) is 12.1. The summed E-state index contributed by atoms with van der Waals surface area (Å²) in [5, 5.41) is 12.7. The molecule has 1 amide bonds. The number of aromatic nitrogens is 1. The first kappa shape index (κ1) is 25.2. The fourth-order valence-corrected chi connectivity index (χ4v) is 3.30. The van der Waals surface area contributed by atoms with E-state index in [2.05, 4.69) is 27.3 Å². The lowest BCUT2D eigenvalue weighted by Crippen LogP contribution is -2.41. The van der Waals surface area contributed by atoms with Crippen molar-refractivity contribution in [3.05, 3.63) is 64.8 Å². The molecule has 1 atom stereocenters. The minimum Gasteiger partial charge on any atom is -0.366 e. The minimum absolute atomic E-state index is 0. The maximum atomic E-state index is 11.0. The molecule has 9 heteroatoms. The molecule has 2 aromatic rings. The number of likely N-dealkylation sites (tertiary alicyclic amines) is 1. The van der Waals surface area contributed by atoms with E-state index in [4.69, 9.17) is 16.8 Å². The van der Waals surface area contributed by atoms with Crippen molar-refractivity contribution in [2.45, 2.75) is 25.4 Å². The second kappa shape index (κ2) is 12.7. The number of pyridine rings is 1. The smallest absolute Gasteiger partial charge is 0.267 e. The van der Waals surface area contributed by atoms with E-state index in [9.17, 15) is 4.79 Å². The second-order valence-corrected chi connectivity index (χ2v) is 7.07. The summed E-state index contributed by atoms with van der Waals surface area (Å²) in [4.78, 5) is 17.8. The van der Waals surface area contributed by atoms with Crippen molar-refractivity contribution in [2.24, 2.45) is 0 Å². The normalized spacial score (nSPS) is 16.6. The third-order valence-corrected chi connectivity index (χ3v) is 4.75. The van der Waals surface area contributed by atoms with Gasteiger partial charge in [0.25, 0.3) is 5.91 Å². The van der Waals surface area contributed by atoms with Crippen LogP contribution in [0.2, 0.25) is 5.02 Å². The summed E-state index contributed by atoms with van der Waals surface area (Å²) in [5.74, 6) is 0.247. The summed E-state index contributed by atoms with van der Waals surface area (Å²) < 4.78 is 0. The molecule has 1 aromatic heterocycles. The number of carbonyl (C=O) groups excluding carboxylic acids is 1. The molecule has 0 radical (unpaired) electrons. The Balaban J connectivity index is 0.00000210. The fraction of sp³-hybridized carbons (Fsp3) is 0.300.